The Balaban J connectivity index is 1.64. The summed E-state index contributed by atoms with van der Waals surface area (Å²) in [4.78, 5) is 13.1. The van der Waals surface area contributed by atoms with Crippen molar-refractivity contribution in [3.63, 3.8) is 0 Å². The summed E-state index contributed by atoms with van der Waals surface area (Å²) in [6, 6.07) is 3.85. The maximum atomic E-state index is 6.11. The first kappa shape index (κ1) is 15.4. The molecule has 4 heterocycles. The smallest absolute Gasteiger partial charge is 0.226 e. The molecule has 1 fully saturated rings. The summed E-state index contributed by atoms with van der Waals surface area (Å²) in [6.07, 6.45) is 4.87. The second-order valence-electron chi connectivity index (χ2n) is 5.85. The van der Waals surface area contributed by atoms with Crippen molar-refractivity contribution in [3.8, 4) is 0 Å². The van der Waals surface area contributed by atoms with E-state index in [2.05, 4.69) is 20.3 Å². The van der Waals surface area contributed by atoms with Crippen LogP contribution in [0.25, 0.3) is 11.2 Å². The van der Waals surface area contributed by atoms with Crippen LogP contribution in [0.5, 0.6) is 0 Å². The van der Waals surface area contributed by atoms with E-state index in [0.29, 0.717) is 23.5 Å². The van der Waals surface area contributed by atoms with Gasteiger partial charge in [0.2, 0.25) is 5.28 Å². The molecule has 1 unspecified atom stereocenters. The van der Waals surface area contributed by atoms with Gasteiger partial charge in [-0.05, 0) is 49.9 Å². The summed E-state index contributed by atoms with van der Waals surface area (Å²) in [5.74, 6) is 2.29. The minimum atomic E-state index is -0.0460. The summed E-state index contributed by atoms with van der Waals surface area (Å²) >= 11 is 6.11. The predicted molar refractivity (Wildman–Crippen MR) is 89.9 cm³/mol. The fraction of sp³-hybridized carbons (Fsp3) is 0.438. The van der Waals surface area contributed by atoms with E-state index in [0.717, 1.165) is 37.4 Å². The van der Waals surface area contributed by atoms with Crippen molar-refractivity contribution in [3.05, 3.63) is 35.3 Å². The lowest BCUT2D eigenvalue weighted by molar-refractivity contribution is -0.0298. The van der Waals surface area contributed by atoms with Crippen LogP contribution < -0.4 is 5.32 Å². The number of fused-ring (bicyclic) bond motifs is 1. The number of hydrogen-bond donors (Lipinski definition) is 1. The van der Waals surface area contributed by atoms with Crippen molar-refractivity contribution in [2.45, 2.75) is 39.0 Å². The third-order valence-electron chi connectivity index (χ3n) is 4.09. The number of anilines is 1. The molecule has 24 heavy (non-hydrogen) atoms. The Hall–Kier alpha value is -2.12. The lowest BCUT2D eigenvalue weighted by Crippen LogP contribution is -2.17. The van der Waals surface area contributed by atoms with Crippen LogP contribution in [0, 0.1) is 6.92 Å². The molecule has 0 bridgehead atoms. The van der Waals surface area contributed by atoms with Crippen molar-refractivity contribution in [1.82, 2.24) is 19.5 Å². The minimum absolute atomic E-state index is 0.0460. The molecule has 4 rings (SSSR count). The van der Waals surface area contributed by atoms with Gasteiger partial charge in [-0.1, -0.05) is 0 Å². The van der Waals surface area contributed by atoms with Gasteiger partial charge >= 0.3 is 0 Å². The predicted octanol–water partition coefficient (Wildman–Crippen LogP) is 3.69. The molecule has 0 aromatic carbocycles. The number of hydrogen-bond acceptors (Lipinski definition) is 6. The Kier molecular flexibility index (Phi) is 4.12. The Morgan fingerprint density at radius 3 is 3.00 bits per heavy atom. The number of ether oxygens (including phenoxy) is 1. The molecule has 1 atom stereocenters. The average molecular weight is 348 g/mol. The van der Waals surface area contributed by atoms with Gasteiger partial charge in [-0.25, -0.2) is 4.98 Å². The Labute approximate surface area is 144 Å². The molecule has 0 saturated carbocycles. The van der Waals surface area contributed by atoms with Gasteiger partial charge in [-0.2, -0.15) is 9.97 Å². The molecule has 3 aromatic heterocycles. The fourth-order valence-electron chi connectivity index (χ4n) is 2.92. The molecule has 0 aliphatic carbocycles. The second kappa shape index (κ2) is 6.41. The van der Waals surface area contributed by atoms with Crippen molar-refractivity contribution in [2.75, 3.05) is 11.9 Å². The topological polar surface area (TPSA) is 78.0 Å². The van der Waals surface area contributed by atoms with Crippen molar-refractivity contribution in [2.24, 2.45) is 0 Å². The third kappa shape index (κ3) is 2.97. The molecule has 8 heteroatoms. The minimum Gasteiger partial charge on any atom is -0.465 e. The van der Waals surface area contributed by atoms with Gasteiger partial charge in [0, 0.05) is 6.61 Å². The van der Waals surface area contributed by atoms with Gasteiger partial charge in [-0.15, -0.1) is 0 Å². The molecule has 1 aliphatic heterocycles. The molecule has 3 aromatic rings. The summed E-state index contributed by atoms with van der Waals surface area (Å²) in [7, 11) is 0. The highest BCUT2D eigenvalue weighted by molar-refractivity contribution is 6.28. The van der Waals surface area contributed by atoms with Crippen LogP contribution in [0.15, 0.2) is 22.9 Å². The van der Waals surface area contributed by atoms with E-state index in [1.54, 1.807) is 6.33 Å². The van der Waals surface area contributed by atoms with E-state index in [1.807, 2.05) is 23.6 Å². The van der Waals surface area contributed by atoms with Crippen LogP contribution in [-0.4, -0.2) is 26.1 Å². The molecular formula is C16H18ClN5O2. The number of nitrogens with one attached hydrogen (secondary N) is 1. The van der Waals surface area contributed by atoms with E-state index in [-0.39, 0.29) is 11.5 Å². The monoisotopic (exact) mass is 347 g/mol. The SMILES string of the molecule is Cc1ccc(CNc2nc(Cl)nc3c2ncn3C2CCCCO2)o1. The number of aromatic nitrogens is 4. The lowest BCUT2D eigenvalue weighted by Gasteiger charge is -2.23. The number of imidazole rings is 1. The normalized spacial score (nSPS) is 18.2. The quantitative estimate of drug-likeness (QED) is 0.725. The molecule has 7 nitrogen and oxygen atoms in total. The van der Waals surface area contributed by atoms with Crippen LogP contribution >= 0.6 is 11.6 Å². The molecule has 0 amide bonds. The highest BCUT2D eigenvalue weighted by Crippen LogP contribution is 2.28. The second-order valence-corrected chi connectivity index (χ2v) is 6.19. The summed E-state index contributed by atoms with van der Waals surface area (Å²) < 4.78 is 13.3. The highest BCUT2D eigenvalue weighted by atomic mass is 35.5. The average Bonchev–Trinajstić information content (AvgIpc) is 3.19. The van der Waals surface area contributed by atoms with Gasteiger partial charge in [0.25, 0.3) is 0 Å². The molecular weight excluding hydrogens is 330 g/mol. The summed E-state index contributed by atoms with van der Waals surface area (Å²) in [6.45, 7) is 3.17. The van der Waals surface area contributed by atoms with Gasteiger partial charge in [-0.3, -0.25) is 4.57 Å². The maximum absolute atomic E-state index is 6.11. The van der Waals surface area contributed by atoms with Crippen LogP contribution in [-0.2, 0) is 11.3 Å². The zero-order valence-electron chi connectivity index (χ0n) is 13.3. The van der Waals surface area contributed by atoms with Gasteiger partial charge < -0.3 is 14.5 Å². The molecule has 126 valence electrons. The standard InChI is InChI=1S/C16H18ClN5O2/c1-10-5-6-11(24-10)8-18-14-13-15(21-16(17)20-14)22(9-19-13)12-4-2-3-7-23-12/h5-6,9,12H,2-4,7-8H2,1H3,(H,18,20,21). The highest BCUT2D eigenvalue weighted by Gasteiger charge is 2.21. The summed E-state index contributed by atoms with van der Waals surface area (Å²) in [5, 5.41) is 3.41. The van der Waals surface area contributed by atoms with E-state index in [4.69, 9.17) is 20.8 Å². The third-order valence-corrected chi connectivity index (χ3v) is 4.26. The maximum Gasteiger partial charge on any atom is 0.226 e. The first-order valence-corrected chi connectivity index (χ1v) is 8.39. The van der Waals surface area contributed by atoms with Crippen LogP contribution in [0.2, 0.25) is 5.28 Å². The molecule has 0 spiro atoms. The largest absolute Gasteiger partial charge is 0.465 e. The molecule has 0 radical (unpaired) electrons. The van der Waals surface area contributed by atoms with E-state index >= 15 is 0 Å². The Bertz CT molecular complexity index is 853. The first-order chi connectivity index (χ1) is 11.7. The molecule has 1 aliphatic rings. The van der Waals surface area contributed by atoms with Crippen molar-refractivity contribution in [1.29, 1.82) is 0 Å². The summed E-state index contributed by atoms with van der Waals surface area (Å²) in [5.41, 5.74) is 1.36. The van der Waals surface area contributed by atoms with Gasteiger partial charge in [0.05, 0.1) is 12.9 Å². The first-order valence-electron chi connectivity index (χ1n) is 8.01. The Morgan fingerprint density at radius 2 is 2.25 bits per heavy atom. The van der Waals surface area contributed by atoms with Crippen LogP contribution in [0.1, 0.15) is 37.0 Å². The lowest BCUT2D eigenvalue weighted by atomic mass is 10.2. The van der Waals surface area contributed by atoms with Crippen molar-refractivity contribution >= 4 is 28.6 Å². The number of nitrogens with zero attached hydrogens (tertiary/aromatic N) is 4. The zero-order valence-corrected chi connectivity index (χ0v) is 14.1. The van der Waals surface area contributed by atoms with E-state index < -0.39 is 0 Å². The fourth-order valence-corrected chi connectivity index (χ4v) is 3.08. The molecule has 1 N–H and O–H groups in total. The number of halogens is 1. The van der Waals surface area contributed by atoms with Crippen molar-refractivity contribution < 1.29 is 9.15 Å². The van der Waals surface area contributed by atoms with Gasteiger partial charge in [0.1, 0.15) is 17.7 Å². The number of aryl methyl sites for hydroxylation is 1. The van der Waals surface area contributed by atoms with Crippen LogP contribution in [0.4, 0.5) is 5.82 Å². The zero-order chi connectivity index (χ0) is 16.5. The molecule has 1 saturated heterocycles. The van der Waals surface area contributed by atoms with E-state index in [9.17, 15) is 0 Å². The van der Waals surface area contributed by atoms with Gasteiger partial charge in [0.15, 0.2) is 17.0 Å². The van der Waals surface area contributed by atoms with E-state index in [1.165, 1.54) is 0 Å². The number of furan rings is 1. The van der Waals surface area contributed by atoms with Crippen LogP contribution in [0.3, 0.4) is 0 Å². The Morgan fingerprint density at radius 1 is 1.33 bits per heavy atom. The number of rotatable bonds is 4.